The molecule has 66 valence electrons. The van der Waals surface area contributed by atoms with Crippen molar-refractivity contribution in [2.24, 2.45) is 5.92 Å². The second-order valence-electron chi connectivity index (χ2n) is 3.61. The van der Waals surface area contributed by atoms with E-state index in [9.17, 15) is 5.11 Å². The van der Waals surface area contributed by atoms with Gasteiger partial charge in [0.25, 0.3) is 0 Å². The second kappa shape index (κ2) is 3.10. The number of hydrogen-bond acceptors (Lipinski definition) is 2. The van der Waals surface area contributed by atoms with Crippen LogP contribution in [0.4, 0.5) is 0 Å². The minimum absolute atomic E-state index is 0.112. The quantitative estimate of drug-likeness (QED) is 0.745. The molecule has 1 N–H and O–H groups in total. The van der Waals surface area contributed by atoms with Crippen molar-refractivity contribution in [3.8, 4) is 11.8 Å². The molecule has 1 fully saturated rings. The van der Waals surface area contributed by atoms with Gasteiger partial charge >= 0.3 is 0 Å². The summed E-state index contributed by atoms with van der Waals surface area (Å²) in [4.78, 5) is 0. The van der Waals surface area contributed by atoms with Crippen molar-refractivity contribution in [1.82, 2.24) is 0 Å². The zero-order valence-electron chi connectivity index (χ0n) is 7.33. The molecule has 2 rings (SSSR count). The Labute approximate surface area is 77.4 Å². The van der Waals surface area contributed by atoms with Gasteiger partial charge in [-0.1, -0.05) is 6.07 Å². The van der Waals surface area contributed by atoms with Crippen LogP contribution in [0.1, 0.15) is 24.0 Å². The predicted molar refractivity (Wildman–Crippen MR) is 49.2 cm³/mol. The third-order valence-corrected chi connectivity index (χ3v) is 2.40. The molecule has 0 aliphatic heterocycles. The zero-order chi connectivity index (χ0) is 9.26. The molecule has 0 aromatic heterocycles. The highest BCUT2D eigenvalue weighted by atomic mass is 16.3. The molecule has 0 atom stereocenters. The molecule has 0 radical (unpaired) electrons. The van der Waals surface area contributed by atoms with Crippen molar-refractivity contribution in [3.05, 3.63) is 29.3 Å². The largest absolute Gasteiger partial charge is 0.507 e. The Balaban J connectivity index is 2.19. The van der Waals surface area contributed by atoms with E-state index in [2.05, 4.69) is 0 Å². The van der Waals surface area contributed by atoms with E-state index in [1.54, 1.807) is 12.1 Å². The lowest BCUT2D eigenvalue weighted by molar-refractivity contribution is 0.472. The highest BCUT2D eigenvalue weighted by Gasteiger charge is 2.21. The van der Waals surface area contributed by atoms with Crippen molar-refractivity contribution in [3.63, 3.8) is 0 Å². The average molecular weight is 173 g/mol. The minimum Gasteiger partial charge on any atom is -0.507 e. The SMILES string of the molecule is N#Cc1ccc(CC2CC2)cc1O. The van der Waals surface area contributed by atoms with Crippen molar-refractivity contribution in [2.75, 3.05) is 0 Å². The normalized spacial score (nSPS) is 15.3. The number of benzene rings is 1. The number of rotatable bonds is 2. The Hall–Kier alpha value is -1.49. The molecule has 2 heteroatoms. The third-order valence-electron chi connectivity index (χ3n) is 2.40. The van der Waals surface area contributed by atoms with E-state index in [0.29, 0.717) is 5.56 Å². The van der Waals surface area contributed by atoms with Gasteiger partial charge in [-0.25, -0.2) is 0 Å². The van der Waals surface area contributed by atoms with Gasteiger partial charge in [-0.3, -0.25) is 0 Å². The fraction of sp³-hybridized carbons (Fsp3) is 0.364. The van der Waals surface area contributed by atoms with Crippen LogP contribution in [0.5, 0.6) is 5.75 Å². The van der Waals surface area contributed by atoms with E-state index >= 15 is 0 Å². The molecule has 0 amide bonds. The smallest absolute Gasteiger partial charge is 0.133 e. The Morgan fingerprint density at radius 2 is 2.23 bits per heavy atom. The Kier molecular flexibility index (Phi) is 1.94. The monoisotopic (exact) mass is 173 g/mol. The first-order valence-corrected chi connectivity index (χ1v) is 4.51. The summed E-state index contributed by atoms with van der Waals surface area (Å²) in [6, 6.07) is 7.26. The fourth-order valence-electron chi connectivity index (χ4n) is 1.45. The molecular formula is C11H11NO. The van der Waals surface area contributed by atoms with E-state index in [1.807, 2.05) is 12.1 Å². The second-order valence-corrected chi connectivity index (χ2v) is 3.61. The number of phenolic OH excluding ortho intramolecular Hbond substituents is 1. The molecule has 1 aromatic rings. The van der Waals surface area contributed by atoms with Crippen LogP contribution >= 0.6 is 0 Å². The van der Waals surface area contributed by atoms with Gasteiger partial charge in [0.1, 0.15) is 11.8 Å². The van der Waals surface area contributed by atoms with E-state index in [0.717, 1.165) is 17.9 Å². The Morgan fingerprint density at radius 3 is 2.77 bits per heavy atom. The van der Waals surface area contributed by atoms with Gasteiger partial charge in [-0.2, -0.15) is 5.26 Å². The molecule has 1 aliphatic rings. The number of phenols is 1. The van der Waals surface area contributed by atoms with Crippen molar-refractivity contribution >= 4 is 0 Å². The first-order valence-electron chi connectivity index (χ1n) is 4.51. The topological polar surface area (TPSA) is 44.0 Å². The molecule has 1 aromatic carbocycles. The maximum absolute atomic E-state index is 9.40. The number of aromatic hydroxyl groups is 1. The lowest BCUT2D eigenvalue weighted by Crippen LogP contribution is -1.87. The van der Waals surface area contributed by atoms with E-state index in [4.69, 9.17) is 5.26 Å². The standard InChI is InChI=1S/C11H11NO/c12-7-10-4-3-9(6-11(10)13)5-8-1-2-8/h3-4,6,8,13H,1-2,5H2. The molecule has 1 saturated carbocycles. The van der Waals surface area contributed by atoms with Crippen LogP contribution in [0.15, 0.2) is 18.2 Å². The summed E-state index contributed by atoms with van der Waals surface area (Å²) >= 11 is 0. The van der Waals surface area contributed by atoms with E-state index < -0.39 is 0 Å². The molecule has 0 heterocycles. The fourth-order valence-corrected chi connectivity index (χ4v) is 1.45. The summed E-state index contributed by atoms with van der Waals surface area (Å²) in [6.45, 7) is 0. The van der Waals surface area contributed by atoms with Crippen LogP contribution in [0.25, 0.3) is 0 Å². The number of nitriles is 1. The van der Waals surface area contributed by atoms with Crippen LogP contribution in [-0.2, 0) is 6.42 Å². The lowest BCUT2D eigenvalue weighted by Gasteiger charge is -2.01. The number of nitrogens with zero attached hydrogens (tertiary/aromatic N) is 1. The van der Waals surface area contributed by atoms with Crippen LogP contribution in [0.3, 0.4) is 0 Å². The maximum Gasteiger partial charge on any atom is 0.133 e. The Bertz CT molecular complexity index is 361. The van der Waals surface area contributed by atoms with Crippen LogP contribution in [0, 0.1) is 17.2 Å². The summed E-state index contributed by atoms with van der Waals surface area (Å²) in [6.07, 6.45) is 3.65. The average Bonchev–Trinajstić information content (AvgIpc) is 2.89. The summed E-state index contributed by atoms with van der Waals surface area (Å²) < 4.78 is 0. The molecule has 2 nitrogen and oxygen atoms in total. The van der Waals surface area contributed by atoms with Crippen molar-refractivity contribution in [2.45, 2.75) is 19.3 Å². The van der Waals surface area contributed by atoms with Crippen LogP contribution < -0.4 is 0 Å². The van der Waals surface area contributed by atoms with Gasteiger partial charge in [0.15, 0.2) is 0 Å². The zero-order valence-corrected chi connectivity index (χ0v) is 7.33. The predicted octanol–water partition coefficient (Wildman–Crippen LogP) is 2.22. The molecule has 1 aliphatic carbocycles. The molecule has 13 heavy (non-hydrogen) atoms. The molecule has 0 bridgehead atoms. The van der Waals surface area contributed by atoms with Crippen LogP contribution in [-0.4, -0.2) is 5.11 Å². The first kappa shape index (κ1) is 8.12. The van der Waals surface area contributed by atoms with E-state index in [-0.39, 0.29) is 5.75 Å². The molecular weight excluding hydrogens is 162 g/mol. The van der Waals surface area contributed by atoms with Crippen molar-refractivity contribution in [1.29, 1.82) is 5.26 Å². The van der Waals surface area contributed by atoms with Gasteiger partial charge in [-0.05, 0) is 42.9 Å². The molecule has 0 spiro atoms. The van der Waals surface area contributed by atoms with Crippen molar-refractivity contribution < 1.29 is 5.11 Å². The summed E-state index contributed by atoms with van der Waals surface area (Å²) in [5.41, 5.74) is 1.50. The third kappa shape index (κ3) is 1.81. The van der Waals surface area contributed by atoms with E-state index in [1.165, 1.54) is 12.8 Å². The van der Waals surface area contributed by atoms with Gasteiger partial charge in [0.05, 0.1) is 5.56 Å². The lowest BCUT2D eigenvalue weighted by atomic mass is 10.1. The summed E-state index contributed by atoms with van der Waals surface area (Å²) in [5.74, 6) is 0.924. The molecule has 0 saturated heterocycles. The summed E-state index contributed by atoms with van der Waals surface area (Å²) in [7, 11) is 0. The first-order chi connectivity index (χ1) is 6.29. The van der Waals surface area contributed by atoms with Gasteiger partial charge < -0.3 is 5.11 Å². The van der Waals surface area contributed by atoms with Gasteiger partial charge in [0.2, 0.25) is 0 Å². The minimum atomic E-state index is 0.112. The highest BCUT2D eigenvalue weighted by Crippen LogP contribution is 2.33. The molecule has 0 unspecified atom stereocenters. The van der Waals surface area contributed by atoms with Crippen LogP contribution in [0.2, 0.25) is 0 Å². The van der Waals surface area contributed by atoms with Gasteiger partial charge in [-0.15, -0.1) is 0 Å². The highest BCUT2D eigenvalue weighted by molar-refractivity contribution is 5.44. The Morgan fingerprint density at radius 1 is 1.46 bits per heavy atom. The number of hydrogen-bond donors (Lipinski definition) is 1. The summed E-state index contributed by atoms with van der Waals surface area (Å²) in [5, 5.41) is 18.0. The van der Waals surface area contributed by atoms with Gasteiger partial charge in [0, 0.05) is 0 Å². The maximum atomic E-state index is 9.40.